The summed E-state index contributed by atoms with van der Waals surface area (Å²) in [5, 5.41) is 0. The highest BCUT2D eigenvalue weighted by atomic mass is 31.2. The molecule has 0 bridgehead atoms. The second kappa shape index (κ2) is 5.88. The molecule has 122 valence electrons. The van der Waals surface area contributed by atoms with Crippen molar-refractivity contribution in [2.75, 3.05) is 18.8 Å². The molecular weight excluding hydrogens is 323 g/mol. The maximum atomic E-state index is 14.0. The van der Waals surface area contributed by atoms with E-state index in [1.807, 2.05) is 0 Å². The Morgan fingerprint density at radius 1 is 1.59 bits per heavy atom. The van der Waals surface area contributed by atoms with Gasteiger partial charge >= 0.3 is 13.3 Å². The molecule has 1 aliphatic rings. The second-order valence-electron chi connectivity index (χ2n) is 4.89. The Bertz CT molecular complexity index is 703. The molecule has 0 saturated carbocycles. The number of allylic oxidation sites excluding steroid dienone is 1. The predicted octanol–water partition coefficient (Wildman–Crippen LogP) is 0.484. The van der Waals surface area contributed by atoms with Gasteiger partial charge in [0, 0.05) is 12.6 Å². The first-order chi connectivity index (χ1) is 10.2. The van der Waals surface area contributed by atoms with Crippen molar-refractivity contribution >= 4 is 13.4 Å². The Morgan fingerprint density at radius 3 is 2.82 bits per heavy atom. The van der Waals surface area contributed by atoms with Crippen LogP contribution in [0.15, 0.2) is 29.0 Å². The predicted molar refractivity (Wildman–Crippen MR) is 72.5 cm³/mol. The third-order valence-corrected chi connectivity index (χ3v) is 3.71. The number of halogens is 2. The Hall–Kier alpha value is -1.61. The molecule has 1 aromatic rings. The molecule has 1 unspecified atom stereocenters. The molecule has 0 radical (unpaired) electrons. The van der Waals surface area contributed by atoms with Crippen molar-refractivity contribution in [2.45, 2.75) is 18.1 Å². The number of ether oxygens (including phenoxy) is 1. The molecule has 0 amide bonds. The minimum atomic E-state index is -4.59. The van der Waals surface area contributed by atoms with Gasteiger partial charge in [0.05, 0.1) is 6.04 Å². The standard InChI is InChI=1S/C11H14F2N3O5P/c12-5-11(21-6-22(18,19)20)4-7(3-8(11)13)16-2-1-9(14)15-10(16)17/h1-3,7H,4-6H2,(H2,14,15,17)(H2,18,19,20)/t7?,11-/m1/s1. The summed E-state index contributed by atoms with van der Waals surface area (Å²) in [5.74, 6) is -1.05. The van der Waals surface area contributed by atoms with Gasteiger partial charge in [0.1, 0.15) is 24.7 Å². The number of nitrogen functional groups attached to an aromatic ring is 1. The van der Waals surface area contributed by atoms with E-state index in [0.717, 1.165) is 10.6 Å². The van der Waals surface area contributed by atoms with Gasteiger partial charge in [-0.25, -0.2) is 13.6 Å². The lowest BCUT2D eigenvalue weighted by atomic mass is 10.0. The molecule has 2 rings (SSSR count). The number of nitrogens with zero attached hydrogens (tertiary/aromatic N) is 2. The van der Waals surface area contributed by atoms with E-state index in [1.165, 1.54) is 12.3 Å². The van der Waals surface area contributed by atoms with E-state index in [0.29, 0.717) is 0 Å². The lowest BCUT2D eigenvalue weighted by Gasteiger charge is -2.27. The summed E-state index contributed by atoms with van der Waals surface area (Å²) >= 11 is 0. The lowest BCUT2D eigenvalue weighted by Crippen LogP contribution is -2.36. The maximum Gasteiger partial charge on any atom is 0.351 e. The number of nitrogens with two attached hydrogens (primary N) is 1. The van der Waals surface area contributed by atoms with Crippen molar-refractivity contribution < 1.29 is 27.9 Å². The van der Waals surface area contributed by atoms with Crippen LogP contribution in [0.1, 0.15) is 12.5 Å². The topological polar surface area (TPSA) is 128 Å². The quantitative estimate of drug-likeness (QED) is 0.667. The summed E-state index contributed by atoms with van der Waals surface area (Å²) in [4.78, 5) is 32.7. The van der Waals surface area contributed by atoms with E-state index < -0.39 is 43.8 Å². The normalized spacial score (nSPS) is 25.3. The van der Waals surface area contributed by atoms with Gasteiger partial charge in [0.25, 0.3) is 0 Å². The first-order valence-electron chi connectivity index (χ1n) is 6.14. The van der Waals surface area contributed by atoms with Gasteiger partial charge in [-0.15, -0.1) is 0 Å². The van der Waals surface area contributed by atoms with E-state index in [1.54, 1.807) is 0 Å². The summed E-state index contributed by atoms with van der Waals surface area (Å²) in [7, 11) is -4.59. The molecule has 1 aromatic heterocycles. The third-order valence-electron chi connectivity index (χ3n) is 3.25. The van der Waals surface area contributed by atoms with Crippen LogP contribution in [0.4, 0.5) is 14.6 Å². The van der Waals surface area contributed by atoms with Crippen LogP contribution < -0.4 is 11.4 Å². The number of aromatic nitrogens is 2. The number of alkyl halides is 1. The molecule has 0 saturated heterocycles. The van der Waals surface area contributed by atoms with Gasteiger partial charge in [0.2, 0.25) is 0 Å². The van der Waals surface area contributed by atoms with Crippen molar-refractivity contribution in [3.05, 3.63) is 34.7 Å². The summed E-state index contributed by atoms with van der Waals surface area (Å²) in [5.41, 5.74) is 2.47. The van der Waals surface area contributed by atoms with E-state index in [-0.39, 0.29) is 12.2 Å². The smallest absolute Gasteiger partial charge is 0.351 e. The SMILES string of the molecule is Nc1ccn(C2C=C(F)[C@@](CF)(OCP(=O)(O)O)C2)c(=O)n1. The Kier molecular flexibility index (Phi) is 4.48. The minimum Gasteiger partial charge on any atom is -0.383 e. The van der Waals surface area contributed by atoms with E-state index in [9.17, 15) is 18.1 Å². The molecule has 0 aliphatic heterocycles. The van der Waals surface area contributed by atoms with Crippen LogP contribution in [0.5, 0.6) is 0 Å². The molecule has 4 N–H and O–H groups in total. The zero-order valence-electron chi connectivity index (χ0n) is 11.2. The van der Waals surface area contributed by atoms with Gasteiger partial charge in [-0.05, 0) is 12.1 Å². The summed E-state index contributed by atoms with van der Waals surface area (Å²) in [6.45, 7) is -1.33. The zero-order chi connectivity index (χ0) is 16.5. The van der Waals surface area contributed by atoms with Crippen LogP contribution in [0.25, 0.3) is 0 Å². The second-order valence-corrected chi connectivity index (χ2v) is 6.48. The maximum absolute atomic E-state index is 14.0. The van der Waals surface area contributed by atoms with Crippen molar-refractivity contribution in [3.63, 3.8) is 0 Å². The molecule has 0 fully saturated rings. The molecule has 11 heteroatoms. The highest BCUT2D eigenvalue weighted by Gasteiger charge is 2.46. The molecule has 1 heterocycles. The van der Waals surface area contributed by atoms with Crippen LogP contribution in [0.3, 0.4) is 0 Å². The molecule has 2 atom stereocenters. The first kappa shape index (κ1) is 16.8. The van der Waals surface area contributed by atoms with E-state index >= 15 is 0 Å². The van der Waals surface area contributed by atoms with Crippen LogP contribution >= 0.6 is 7.60 Å². The summed E-state index contributed by atoms with van der Waals surface area (Å²) in [6.07, 6.45) is 0.773. The largest absolute Gasteiger partial charge is 0.383 e. The number of rotatable bonds is 5. The Balaban J connectivity index is 2.26. The van der Waals surface area contributed by atoms with Gasteiger partial charge in [-0.1, -0.05) is 0 Å². The lowest BCUT2D eigenvalue weighted by molar-refractivity contribution is -0.0334. The summed E-state index contributed by atoms with van der Waals surface area (Å²) < 4.78 is 43.9. The van der Waals surface area contributed by atoms with Gasteiger partial charge in [-0.2, -0.15) is 4.98 Å². The highest BCUT2D eigenvalue weighted by Crippen LogP contribution is 2.44. The van der Waals surface area contributed by atoms with Gasteiger partial charge in [-0.3, -0.25) is 9.13 Å². The van der Waals surface area contributed by atoms with Crippen LogP contribution in [0.2, 0.25) is 0 Å². The van der Waals surface area contributed by atoms with Crippen LogP contribution in [0, 0.1) is 0 Å². The fraction of sp³-hybridized carbons (Fsp3) is 0.455. The fourth-order valence-corrected chi connectivity index (χ4v) is 2.58. The van der Waals surface area contributed by atoms with Crippen LogP contribution in [-0.2, 0) is 9.30 Å². The van der Waals surface area contributed by atoms with Crippen molar-refractivity contribution in [1.29, 1.82) is 0 Å². The number of hydrogen-bond donors (Lipinski definition) is 3. The van der Waals surface area contributed by atoms with Crippen LogP contribution in [-0.4, -0.2) is 38.0 Å². The van der Waals surface area contributed by atoms with Crippen molar-refractivity contribution in [3.8, 4) is 0 Å². The van der Waals surface area contributed by atoms with Gasteiger partial charge in [0.15, 0.2) is 5.60 Å². The van der Waals surface area contributed by atoms with Crippen molar-refractivity contribution in [2.24, 2.45) is 0 Å². The van der Waals surface area contributed by atoms with Gasteiger partial charge < -0.3 is 20.3 Å². The molecular formula is C11H14F2N3O5P. The van der Waals surface area contributed by atoms with E-state index in [4.69, 9.17) is 20.3 Å². The van der Waals surface area contributed by atoms with E-state index in [2.05, 4.69) is 4.98 Å². The summed E-state index contributed by atoms with van der Waals surface area (Å²) in [6, 6.07) is 0.423. The molecule has 0 aromatic carbocycles. The minimum absolute atomic E-state index is 0.0156. The highest BCUT2D eigenvalue weighted by molar-refractivity contribution is 7.51. The molecule has 1 aliphatic carbocycles. The first-order valence-corrected chi connectivity index (χ1v) is 7.93. The monoisotopic (exact) mass is 337 g/mol. The third kappa shape index (κ3) is 3.41. The number of hydrogen-bond acceptors (Lipinski definition) is 5. The molecule has 22 heavy (non-hydrogen) atoms. The average Bonchev–Trinajstić information content (AvgIpc) is 2.73. The Morgan fingerprint density at radius 2 is 2.27 bits per heavy atom. The molecule has 8 nitrogen and oxygen atoms in total. The zero-order valence-corrected chi connectivity index (χ0v) is 12.1. The fourth-order valence-electron chi connectivity index (χ4n) is 2.16. The van der Waals surface area contributed by atoms with Crippen molar-refractivity contribution in [1.82, 2.24) is 9.55 Å². The number of anilines is 1. The molecule has 0 spiro atoms. The average molecular weight is 337 g/mol. The Labute approximate surface area is 123 Å².